The van der Waals surface area contributed by atoms with E-state index in [1.54, 1.807) is 0 Å². The molecule has 9 heteroatoms. The lowest BCUT2D eigenvalue weighted by Gasteiger charge is -2.18. The van der Waals surface area contributed by atoms with Gasteiger partial charge in [0, 0.05) is 25.7 Å². The molecule has 112 valence electrons. The molecule has 0 fully saturated rings. The molecule has 0 radical (unpaired) electrons. The zero-order valence-electron chi connectivity index (χ0n) is 10.9. The molecule has 1 rings (SSSR count). The molecule has 0 saturated heterocycles. The molecule has 0 aliphatic carbocycles. The van der Waals surface area contributed by atoms with E-state index in [4.69, 9.17) is 33.1 Å². The summed E-state index contributed by atoms with van der Waals surface area (Å²) in [7, 11) is -1.03. The first kappa shape index (κ1) is 17.2. The monoisotopic (exact) mass is 340 g/mol. The van der Waals surface area contributed by atoms with Crippen molar-refractivity contribution in [2.24, 2.45) is 5.14 Å². The minimum Gasteiger partial charge on any atom is -0.383 e. The molecule has 1 aromatic carbocycles. The number of hydrogen-bond acceptors (Lipinski definition) is 4. The highest BCUT2D eigenvalue weighted by Gasteiger charge is 2.23. The van der Waals surface area contributed by atoms with Crippen LogP contribution in [0.1, 0.15) is 10.4 Å². The third-order valence-corrected chi connectivity index (χ3v) is 4.19. The first-order chi connectivity index (χ1) is 9.18. The summed E-state index contributed by atoms with van der Waals surface area (Å²) in [6.07, 6.45) is 0. The van der Waals surface area contributed by atoms with Crippen molar-refractivity contribution in [2.75, 3.05) is 27.3 Å². The van der Waals surface area contributed by atoms with E-state index in [1.807, 2.05) is 0 Å². The summed E-state index contributed by atoms with van der Waals surface area (Å²) >= 11 is 11.7. The van der Waals surface area contributed by atoms with Crippen molar-refractivity contribution >= 4 is 39.1 Å². The second-order valence-electron chi connectivity index (χ2n) is 4.03. The molecule has 0 heterocycles. The van der Waals surface area contributed by atoms with E-state index in [1.165, 1.54) is 25.1 Å². The largest absolute Gasteiger partial charge is 0.383 e. The number of ether oxygens (including phenoxy) is 1. The van der Waals surface area contributed by atoms with Crippen molar-refractivity contribution in [3.05, 3.63) is 27.7 Å². The van der Waals surface area contributed by atoms with Gasteiger partial charge in [-0.1, -0.05) is 23.2 Å². The van der Waals surface area contributed by atoms with Crippen molar-refractivity contribution < 1.29 is 17.9 Å². The molecule has 0 atom stereocenters. The average Bonchev–Trinajstić information content (AvgIpc) is 2.36. The number of nitrogens with zero attached hydrogens (tertiary/aromatic N) is 1. The number of amides is 1. The molecule has 2 N–H and O–H groups in total. The summed E-state index contributed by atoms with van der Waals surface area (Å²) in [5.74, 6) is -0.473. The lowest BCUT2D eigenvalue weighted by molar-refractivity contribution is 0.0744. The second kappa shape index (κ2) is 6.73. The van der Waals surface area contributed by atoms with Crippen LogP contribution in [0.4, 0.5) is 0 Å². The number of likely N-dealkylation sites (N-methyl/N-ethyl adjacent to an activating group) is 1. The Morgan fingerprint density at radius 2 is 2.00 bits per heavy atom. The molecule has 0 unspecified atom stereocenters. The summed E-state index contributed by atoms with van der Waals surface area (Å²) in [4.78, 5) is 13.2. The fourth-order valence-corrected chi connectivity index (χ4v) is 2.91. The van der Waals surface area contributed by atoms with Crippen molar-refractivity contribution in [3.8, 4) is 0 Å². The van der Waals surface area contributed by atoms with Crippen LogP contribution in [0.25, 0.3) is 0 Å². The van der Waals surface area contributed by atoms with Gasteiger partial charge in [-0.15, -0.1) is 0 Å². The maximum atomic E-state index is 12.2. The van der Waals surface area contributed by atoms with Gasteiger partial charge < -0.3 is 9.64 Å². The number of nitrogens with two attached hydrogens (primary N) is 1. The molecule has 1 aromatic rings. The number of primary sulfonamides is 1. The topological polar surface area (TPSA) is 89.7 Å². The second-order valence-corrected chi connectivity index (χ2v) is 6.37. The molecule has 0 aliphatic heterocycles. The summed E-state index contributed by atoms with van der Waals surface area (Å²) in [5.41, 5.74) is -0.0261. The van der Waals surface area contributed by atoms with Gasteiger partial charge in [0.1, 0.15) is 4.90 Å². The van der Waals surface area contributed by atoms with Gasteiger partial charge in [0.15, 0.2) is 0 Å². The molecule has 6 nitrogen and oxygen atoms in total. The SMILES string of the molecule is COCCN(C)C(=O)c1cc(Cl)cc(S(N)(=O)=O)c1Cl. The predicted molar refractivity (Wildman–Crippen MR) is 76.7 cm³/mol. The summed E-state index contributed by atoms with van der Waals surface area (Å²) in [6.45, 7) is 0.658. The average molecular weight is 341 g/mol. The van der Waals surface area contributed by atoms with Crippen LogP contribution in [0, 0.1) is 0 Å². The van der Waals surface area contributed by atoms with Crippen LogP contribution >= 0.6 is 23.2 Å². The fraction of sp³-hybridized carbons (Fsp3) is 0.364. The fourth-order valence-electron chi connectivity index (χ4n) is 1.46. The van der Waals surface area contributed by atoms with E-state index >= 15 is 0 Å². The Morgan fingerprint density at radius 3 is 2.50 bits per heavy atom. The van der Waals surface area contributed by atoms with Crippen molar-refractivity contribution in [1.29, 1.82) is 0 Å². The smallest absolute Gasteiger partial charge is 0.255 e. The first-order valence-corrected chi connectivity index (χ1v) is 7.75. The van der Waals surface area contributed by atoms with E-state index in [9.17, 15) is 13.2 Å². The van der Waals surface area contributed by atoms with Gasteiger partial charge in [0.05, 0.1) is 17.2 Å². The third kappa shape index (κ3) is 4.07. The molecular formula is C11H14Cl2N2O4S. The van der Waals surface area contributed by atoms with Crippen molar-refractivity contribution in [1.82, 2.24) is 4.90 Å². The number of methoxy groups -OCH3 is 1. The molecule has 20 heavy (non-hydrogen) atoms. The first-order valence-electron chi connectivity index (χ1n) is 5.44. The van der Waals surface area contributed by atoms with Crippen molar-refractivity contribution in [3.63, 3.8) is 0 Å². The molecule has 0 aromatic heterocycles. The minimum atomic E-state index is -4.07. The van der Waals surface area contributed by atoms with Crippen LogP contribution in [0.5, 0.6) is 0 Å². The Morgan fingerprint density at radius 1 is 1.40 bits per heavy atom. The van der Waals surface area contributed by atoms with Crippen LogP contribution in [-0.2, 0) is 14.8 Å². The zero-order valence-corrected chi connectivity index (χ0v) is 13.2. The Kier molecular flexibility index (Phi) is 5.79. The molecule has 0 spiro atoms. The molecule has 0 saturated carbocycles. The summed E-state index contributed by atoms with van der Waals surface area (Å²) < 4.78 is 27.7. The standard InChI is InChI=1S/C11H14Cl2N2O4S/c1-15(3-4-19-2)11(16)8-5-7(12)6-9(10(8)13)20(14,17)18/h5-6H,3-4H2,1-2H3,(H2,14,17,18). The Bertz CT molecular complexity index is 619. The number of carbonyl (C=O) groups is 1. The summed E-state index contributed by atoms with van der Waals surface area (Å²) in [6, 6.07) is 2.40. The normalized spacial score (nSPS) is 11.4. The minimum absolute atomic E-state index is 0.0261. The van der Waals surface area contributed by atoms with E-state index in [2.05, 4.69) is 0 Å². The third-order valence-electron chi connectivity index (χ3n) is 2.52. The molecule has 0 aliphatic rings. The van der Waals surface area contributed by atoms with E-state index in [0.29, 0.717) is 13.2 Å². The van der Waals surface area contributed by atoms with Crippen molar-refractivity contribution in [2.45, 2.75) is 4.90 Å². The van der Waals surface area contributed by atoms with Crippen LogP contribution in [0.15, 0.2) is 17.0 Å². The maximum absolute atomic E-state index is 12.2. The number of halogens is 2. The maximum Gasteiger partial charge on any atom is 0.255 e. The highest BCUT2D eigenvalue weighted by atomic mass is 35.5. The predicted octanol–water partition coefficient (Wildman–Crippen LogP) is 1.36. The van der Waals surface area contributed by atoms with Gasteiger partial charge in [-0.3, -0.25) is 4.79 Å². The van der Waals surface area contributed by atoms with E-state index < -0.39 is 15.9 Å². The van der Waals surface area contributed by atoms with E-state index in [0.717, 1.165) is 6.07 Å². The number of carbonyl (C=O) groups excluding carboxylic acids is 1. The van der Waals surface area contributed by atoms with Crippen LogP contribution in [0.3, 0.4) is 0 Å². The van der Waals surface area contributed by atoms with Crippen LogP contribution in [-0.4, -0.2) is 46.5 Å². The Hall–Kier alpha value is -0.860. The number of sulfonamides is 1. The Labute approximate surface area is 127 Å². The molecule has 1 amide bonds. The van der Waals surface area contributed by atoms with Gasteiger partial charge in [0.25, 0.3) is 5.91 Å². The van der Waals surface area contributed by atoms with Gasteiger partial charge in [-0.25, -0.2) is 13.6 Å². The lowest BCUT2D eigenvalue weighted by Crippen LogP contribution is -2.30. The van der Waals surface area contributed by atoms with E-state index in [-0.39, 0.29) is 20.5 Å². The molecular weight excluding hydrogens is 327 g/mol. The van der Waals surface area contributed by atoms with Gasteiger partial charge >= 0.3 is 0 Å². The van der Waals surface area contributed by atoms with Crippen LogP contribution in [0.2, 0.25) is 10.0 Å². The highest BCUT2D eigenvalue weighted by molar-refractivity contribution is 7.89. The van der Waals surface area contributed by atoms with Gasteiger partial charge in [-0.05, 0) is 12.1 Å². The Balaban J connectivity index is 3.26. The quantitative estimate of drug-likeness (QED) is 0.876. The summed E-state index contributed by atoms with van der Waals surface area (Å²) in [5, 5.41) is 4.85. The number of rotatable bonds is 5. The highest BCUT2D eigenvalue weighted by Crippen LogP contribution is 2.29. The van der Waals surface area contributed by atoms with Crippen LogP contribution < -0.4 is 5.14 Å². The number of benzene rings is 1. The molecule has 0 bridgehead atoms. The van der Waals surface area contributed by atoms with Gasteiger partial charge in [0.2, 0.25) is 10.0 Å². The number of hydrogen-bond donors (Lipinski definition) is 1. The van der Waals surface area contributed by atoms with Gasteiger partial charge in [-0.2, -0.15) is 0 Å². The lowest BCUT2D eigenvalue weighted by atomic mass is 10.2. The zero-order chi connectivity index (χ0) is 15.5.